The molecule has 4 aromatic rings. The minimum Gasteiger partial charge on any atom is -0.361 e. The number of fused-ring (bicyclic) bond motifs is 1. The Balaban J connectivity index is 1.49. The fourth-order valence-electron chi connectivity index (χ4n) is 2.24. The second kappa shape index (κ2) is 6.89. The zero-order chi connectivity index (χ0) is 19.0. The molecule has 0 radical (unpaired) electrons. The summed E-state index contributed by atoms with van der Waals surface area (Å²) in [6, 6.07) is 7.26. The molecular weight excluding hydrogens is 392 g/mol. The smallest absolute Gasteiger partial charge is 0.269 e. The van der Waals surface area contributed by atoms with Crippen LogP contribution in [0.15, 0.2) is 40.0 Å². The van der Waals surface area contributed by atoms with E-state index in [0.717, 1.165) is 0 Å². The van der Waals surface area contributed by atoms with Gasteiger partial charge in [-0.3, -0.25) is 14.9 Å². The molecule has 0 amide bonds. The summed E-state index contributed by atoms with van der Waals surface area (Å²) in [6.45, 7) is 1.79. The van der Waals surface area contributed by atoms with Gasteiger partial charge in [-0.15, -0.1) is 10.2 Å². The van der Waals surface area contributed by atoms with Crippen LogP contribution in [0.3, 0.4) is 0 Å². The van der Waals surface area contributed by atoms with Crippen LogP contribution in [0.5, 0.6) is 0 Å². The van der Waals surface area contributed by atoms with Crippen LogP contribution >= 0.6 is 23.1 Å². The predicted octanol–water partition coefficient (Wildman–Crippen LogP) is 3.03. The Morgan fingerprint density at radius 3 is 2.78 bits per heavy atom. The van der Waals surface area contributed by atoms with E-state index in [2.05, 4.69) is 20.5 Å². The molecule has 0 aliphatic carbocycles. The van der Waals surface area contributed by atoms with Crippen molar-refractivity contribution in [2.75, 3.05) is 5.75 Å². The van der Waals surface area contributed by atoms with Crippen LogP contribution in [-0.2, 0) is 0 Å². The number of non-ortho nitro benzene ring substituents is 1. The van der Waals surface area contributed by atoms with E-state index in [0.29, 0.717) is 32.1 Å². The van der Waals surface area contributed by atoms with Crippen LogP contribution in [0.2, 0.25) is 0 Å². The first-order valence-corrected chi connectivity index (χ1v) is 9.38. The number of benzene rings is 1. The molecule has 1 aromatic carbocycles. The van der Waals surface area contributed by atoms with Gasteiger partial charge >= 0.3 is 0 Å². The Hall–Kier alpha value is -3.12. The molecule has 0 spiro atoms. The minimum atomic E-state index is -0.508. The molecule has 12 heteroatoms. The first kappa shape index (κ1) is 17.3. The second-order valence-corrected chi connectivity index (χ2v) is 7.32. The van der Waals surface area contributed by atoms with E-state index >= 15 is 0 Å². The van der Waals surface area contributed by atoms with Gasteiger partial charge in [-0.05, 0) is 19.1 Å². The van der Waals surface area contributed by atoms with Gasteiger partial charge in [-0.25, -0.2) is 0 Å². The van der Waals surface area contributed by atoms with Gasteiger partial charge in [0.25, 0.3) is 5.69 Å². The van der Waals surface area contributed by atoms with E-state index in [1.165, 1.54) is 47.4 Å². The van der Waals surface area contributed by atoms with E-state index in [1.54, 1.807) is 17.5 Å². The summed E-state index contributed by atoms with van der Waals surface area (Å²) >= 11 is 2.50. The van der Waals surface area contributed by atoms with Crippen molar-refractivity contribution in [1.29, 1.82) is 0 Å². The summed E-state index contributed by atoms with van der Waals surface area (Å²) in [5.41, 5.74) is 0.947. The van der Waals surface area contributed by atoms with Gasteiger partial charge in [-0.2, -0.15) is 9.61 Å². The Kier molecular flexibility index (Phi) is 4.41. The lowest BCUT2D eigenvalue weighted by Gasteiger charge is -1.99. The number of carbonyl (C=O) groups is 1. The largest absolute Gasteiger partial charge is 0.361 e. The van der Waals surface area contributed by atoms with Crippen molar-refractivity contribution in [3.8, 4) is 10.7 Å². The van der Waals surface area contributed by atoms with Gasteiger partial charge in [-0.1, -0.05) is 28.3 Å². The summed E-state index contributed by atoms with van der Waals surface area (Å²) in [5, 5.41) is 28.2. The summed E-state index contributed by atoms with van der Waals surface area (Å²) in [4.78, 5) is 23.0. The van der Waals surface area contributed by atoms with Gasteiger partial charge in [0.2, 0.25) is 10.1 Å². The molecule has 10 nitrogen and oxygen atoms in total. The Bertz CT molecular complexity index is 1150. The molecule has 0 saturated carbocycles. The van der Waals surface area contributed by atoms with Crippen molar-refractivity contribution in [3.05, 3.63) is 51.8 Å². The number of aromatic nitrogens is 5. The zero-order valence-corrected chi connectivity index (χ0v) is 15.4. The van der Waals surface area contributed by atoms with Crippen LogP contribution in [0.1, 0.15) is 16.1 Å². The van der Waals surface area contributed by atoms with Crippen LogP contribution in [0.25, 0.3) is 15.7 Å². The van der Waals surface area contributed by atoms with E-state index < -0.39 is 4.92 Å². The van der Waals surface area contributed by atoms with E-state index in [4.69, 9.17) is 4.52 Å². The number of hydrogen-bond acceptors (Lipinski definition) is 10. The van der Waals surface area contributed by atoms with Crippen LogP contribution in [-0.4, -0.2) is 41.4 Å². The lowest BCUT2D eigenvalue weighted by molar-refractivity contribution is -0.384. The Morgan fingerprint density at radius 1 is 1.33 bits per heavy atom. The van der Waals surface area contributed by atoms with Crippen LogP contribution in [0.4, 0.5) is 5.69 Å². The van der Waals surface area contributed by atoms with Crippen molar-refractivity contribution >= 4 is 39.5 Å². The highest BCUT2D eigenvalue weighted by Gasteiger charge is 2.17. The molecule has 0 bridgehead atoms. The van der Waals surface area contributed by atoms with Gasteiger partial charge < -0.3 is 4.52 Å². The molecule has 0 aliphatic heterocycles. The topological polar surface area (TPSA) is 129 Å². The highest BCUT2D eigenvalue weighted by molar-refractivity contribution is 7.99. The number of Topliss-reactive ketones (excluding diaryl/α,β-unsaturated/α-hetero) is 1. The maximum atomic E-state index is 12.3. The van der Waals surface area contributed by atoms with Crippen molar-refractivity contribution in [1.82, 2.24) is 25.0 Å². The molecule has 4 rings (SSSR count). The number of nitro benzene ring substituents is 1. The van der Waals surface area contributed by atoms with Gasteiger partial charge in [0.05, 0.1) is 10.7 Å². The van der Waals surface area contributed by atoms with Gasteiger partial charge in [0.15, 0.2) is 10.8 Å². The molecule has 136 valence electrons. The first-order valence-electron chi connectivity index (χ1n) is 7.57. The lowest BCUT2D eigenvalue weighted by atomic mass is 10.1. The molecule has 0 unspecified atom stereocenters. The highest BCUT2D eigenvalue weighted by Crippen LogP contribution is 2.27. The number of rotatable bonds is 6. The minimum absolute atomic E-state index is 0.0588. The van der Waals surface area contributed by atoms with E-state index in [9.17, 15) is 14.9 Å². The van der Waals surface area contributed by atoms with Crippen molar-refractivity contribution in [2.45, 2.75) is 12.1 Å². The Morgan fingerprint density at radius 2 is 2.11 bits per heavy atom. The van der Waals surface area contributed by atoms with Gasteiger partial charge in [0, 0.05) is 23.8 Å². The molecule has 27 heavy (non-hydrogen) atoms. The fraction of sp³-hybridized carbons (Fsp3) is 0.133. The molecule has 3 heterocycles. The summed E-state index contributed by atoms with van der Waals surface area (Å²) in [6.07, 6.45) is 0. The monoisotopic (exact) mass is 402 g/mol. The van der Waals surface area contributed by atoms with Crippen molar-refractivity contribution < 1.29 is 14.2 Å². The zero-order valence-electron chi connectivity index (χ0n) is 13.7. The standard InChI is InChI=1S/C15H10N6O4S2/c1-8-6-11(19-25-8)13-18-20-14(16-17-15(20)27-13)26-7-12(22)9-2-4-10(5-3-9)21(23)24/h2-6H,7H2,1H3. The highest BCUT2D eigenvalue weighted by atomic mass is 32.2. The van der Waals surface area contributed by atoms with E-state index in [1.807, 2.05) is 0 Å². The maximum absolute atomic E-state index is 12.3. The molecule has 0 saturated heterocycles. The number of aryl methyl sites for hydroxylation is 1. The number of carbonyl (C=O) groups excluding carboxylic acids is 1. The summed E-state index contributed by atoms with van der Waals surface area (Å²) in [7, 11) is 0. The molecule has 3 aromatic heterocycles. The predicted molar refractivity (Wildman–Crippen MR) is 97.0 cm³/mol. The first-order chi connectivity index (χ1) is 13.0. The third-order valence-electron chi connectivity index (χ3n) is 3.54. The molecule has 0 aliphatic rings. The molecule has 0 atom stereocenters. The summed E-state index contributed by atoms with van der Waals surface area (Å²) in [5.74, 6) is 0.614. The fourth-order valence-corrected chi connectivity index (χ4v) is 3.87. The average Bonchev–Trinajstić information content (AvgIpc) is 3.35. The third-order valence-corrected chi connectivity index (χ3v) is 5.38. The third kappa shape index (κ3) is 3.44. The SMILES string of the molecule is Cc1cc(-c2nn3c(SCC(=O)c4ccc([N+](=O)[O-])cc4)nnc3s2)no1. The van der Waals surface area contributed by atoms with Crippen molar-refractivity contribution in [3.63, 3.8) is 0 Å². The summed E-state index contributed by atoms with van der Waals surface area (Å²) < 4.78 is 6.61. The van der Waals surface area contributed by atoms with Crippen LogP contribution < -0.4 is 0 Å². The van der Waals surface area contributed by atoms with Crippen LogP contribution in [0, 0.1) is 17.0 Å². The number of nitrogens with zero attached hydrogens (tertiary/aromatic N) is 6. The van der Waals surface area contributed by atoms with E-state index in [-0.39, 0.29) is 17.2 Å². The Labute approximate surface area is 159 Å². The quantitative estimate of drug-likeness (QED) is 0.207. The number of nitro groups is 1. The maximum Gasteiger partial charge on any atom is 0.269 e. The molecule has 0 fully saturated rings. The number of thioether (sulfide) groups is 1. The number of ketones is 1. The normalized spacial score (nSPS) is 11.1. The van der Waals surface area contributed by atoms with Gasteiger partial charge in [0.1, 0.15) is 11.5 Å². The molecule has 0 N–H and O–H groups in total. The number of hydrogen-bond donors (Lipinski definition) is 0. The van der Waals surface area contributed by atoms with Crippen molar-refractivity contribution in [2.24, 2.45) is 0 Å². The second-order valence-electron chi connectivity index (χ2n) is 5.42. The molecular formula is C15H10N6O4S2. The lowest BCUT2D eigenvalue weighted by Crippen LogP contribution is -2.03. The average molecular weight is 402 g/mol.